The summed E-state index contributed by atoms with van der Waals surface area (Å²) in [5, 5.41) is 12.4. The van der Waals surface area contributed by atoms with Gasteiger partial charge in [0.15, 0.2) is 0 Å². The van der Waals surface area contributed by atoms with E-state index in [9.17, 15) is 5.11 Å². The molecule has 0 amide bonds. The number of aromatic nitrogens is 1. The molecule has 0 fully saturated rings. The Hall–Kier alpha value is -2.59. The maximum absolute atomic E-state index is 10.5. The van der Waals surface area contributed by atoms with Crippen molar-refractivity contribution in [2.75, 3.05) is 7.11 Å². The van der Waals surface area contributed by atoms with E-state index in [1.54, 1.807) is 7.11 Å². The molecular weight excluding hydrogens is 294 g/mol. The molecular formula is C18H13NO2S. The zero-order valence-corrected chi connectivity index (χ0v) is 12.7. The highest BCUT2D eigenvalue weighted by Crippen LogP contribution is 2.46. The summed E-state index contributed by atoms with van der Waals surface area (Å²) in [6, 6.07) is 17.6. The molecule has 4 heteroatoms. The number of nitrogens with zero attached hydrogens (tertiary/aromatic N) is 1. The molecule has 0 aliphatic heterocycles. The van der Waals surface area contributed by atoms with Crippen molar-refractivity contribution in [3.8, 4) is 22.1 Å². The summed E-state index contributed by atoms with van der Waals surface area (Å²) in [7, 11) is 1.64. The average Bonchev–Trinajstić information content (AvgIpc) is 2.91. The maximum Gasteiger partial charge on any atom is 0.143 e. The molecule has 4 aromatic rings. The summed E-state index contributed by atoms with van der Waals surface area (Å²) in [6.07, 6.45) is 0. The van der Waals surface area contributed by atoms with E-state index in [4.69, 9.17) is 4.74 Å². The zero-order valence-electron chi connectivity index (χ0n) is 11.9. The van der Waals surface area contributed by atoms with E-state index in [0.29, 0.717) is 0 Å². The van der Waals surface area contributed by atoms with E-state index in [1.165, 1.54) is 11.3 Å². The minimum absolute atomic E-state index is 0.265. The van der Waals surface area contributed by atoms with Crippen LogP contribution in [0.15, 0.2) is 54.6 Å². The number of hydrogen-bond acceptors (Lipinski definition) is 4. The number of thiophene rings is 1. The lowest BCUT2D eigenvalue weighted by Gasteiger charge is -2.01. The lowest BCUT2D eigenvalue weighted by molar-refractivity contribution is 0.420. The molecule has 0 spiro atoms. The van der Waals surface area contributed by atoms with Gasteiger partial charge >= 0.3 is 0 Å². The molecule has 2 heterocycles. The number of para-hydroxylation sites is 1. The van der Waals surface area contributed by atoms with Crippen molar-refractivity contribution in [3.63, 3.8) is 0 Å². The molecule has 0 unspecified atom stereocenters. The van der Waals surface area contributed by atoms with Crippen LogP contribution in [0.4, 0.5) is 0 Å². The van der Waals surface area contributed by atoms with E-state index in [2.05, 4.69) is 4.98 Å². The summed E-state index contributed by atoms with van der Waals surface area (Å²) < 4.78 is 6.32. The quantitative estimate of drug-likeness (QED) is 0.576. The monoisotopic (exact) mass is 307 g/mol. The van der Waals surface area contributed by atoms with Crippen LogP contribution in [0.25, 0.3) is 31.6 Å². The van der Waals surface area contributed by atoms with Crippen LogP contribution in [0.1, 0.15) is 0 Å². The molecule has 0 bridgehead atoms. The van der Waals surface area contributed by atoms with Gasteiger partial charge in [-0.1, -0.05) is 30.3 Å². The Balaban J connectivity index is 1.97. The van der Waals surface area contributed by atoms with Crippen LogP contribution in [-0.4, -0.2) is 17.2 Å². The van der Waals surface area contributed by atoms with Crippen molar-refractivity contribution in [1.29, 1.82) is 0 Å². The maximum atomic E-state index is 10.5. The molecule has 1 N–H and O–H groups in total. The highest BCUT2D eigenvalue weighted by atomic mass is 32.1. The Bertz CT molecular complexity index is 991. The lowest BCUT2D eigenvalue weighted by atomic mass is 10.1. The van der Waals surface area contributed by atoms with E-state index >= 15 is 0 Å². The van der Waals surface area contributed by atoms with Gasteiger partial charge in [-0.05, 0) is 24.3 Å². The summed E-state index contributed by atoms with van der Waals surface area (Å²) in [5.74, 6) is 1.03. The first-order valence-electron chi connectivity index (χ1n) is 6.92. The van der Waals surface area contributed by atoms with Gasteiger partial charge in [0.1, 0.15) is 11.5 Å². The van der Waals surface area contributed by atoms with Gasteiger partial charge in [0.25, 0.3) is 0 Å². The number of aromatic hydroxyl groups is 1. The normalized spacial score (nSPS) is 11.1. The van der Waals surface area contributed by atoms with Crippen LogP contribution in [0.5, 0.6) is 11.5 Å². The molecule has 22 heavy (non-hydrogen) atoms. The summed E-state index contributed by atoms with van der Waals surface area (Å²) in [4.78, 5) is 5.44. The number of benzene rings is 2. The van der Waals surface area contributed by atoms with Gasteiger partial charge in [-0.25, -0.2) is 4.98 Å². The van der Waals surface area contributed by atoms with E-state index in [0.717, 1.165) is 37.3 Å². The van der Waals surface area contributed by atoms with E-state index in [-0.39, 0.29) is 5.75 Å². The topological polar surface area (TPSA) is 42.4 Å². The van der Waals surface area contributed by atoms with Gasteiger partial charge in [-0.3, -0.25) is 0 Å². The smallest absolute Gasteiger partial charge is 0.143 e. The van der Waals surface area contributed by atoms with Crippen molar-refractivity contribution in [1.82, 2.24) is 4.98 Å². The summed E-state index contributed by atoms with van der Waals surface area (Å²) in [6.45, 7) is 0. The standard InChI is InChI=1S/C18H13NO2S/c1-21-15-8-4-6-12-16(20)18(22-17(12)15)14-10-9-11-5-2-3-7-13(11)19-14/h2-10,20H,1H3. The number of hydrogen-bond donors (Lipinski definition) is 1. The van der Waals surface area contributed by atoms with Gasteiger partial charge in [0, 0.05) is 10.8 Å². The van der Waals surface area contributed by atoms with Crippen molar-refractivity contribution in [2.45, 2.75) is 0 Å². The molecule has 108 valence electrons. The van der Waals surface area contributed by atoms with Gasteiger partial charge < -0.3 is 9.84 Å². The molecule has 0 atom stereocenters. The summed E-state index contributed by atoms with van der Waals surface area (Å²) >= 11 is 1.50. The third-order valence-corrected chi connectivity index (χ3v) is 4.94. The Morgan fingerprint density at radius 2 is 1.86 bits per heavy atom. The molecule has 0 aliphatic rings. The van der Waals surface area contributed by atoms with Crippen molar-refractivity contribution < 1.29 is 9.84 Å². The van der Waals surface area contributed by atoms with Crippen molar-refractivity contribution in [3.05, 3.63) is 54.6 Å². The predicted molar refractivity (Wildman–Crippen MR) is 90.8 cm³/mol. The van der Waals surface area contributed by atoms with Crippen LogP contribution < -0.4 is 4.74 Å². The minimum Gasteiger partial charge on any atom is -0.506 e. The third kappa shape index (κ3) is 1.92. The second-order valence-electron chi connectivity index (χ2n) is 5.01. The Morgan fingerprint density at radius 3 is 2.73 bits per heavy atom. The van der Waals surface area contributed by atoms with Gasteiger partial charge in [-0.15, -0.1) is 11.3 Å². The number of fused-ring (bicyclic) bond motifs is 2. The minimum atomic E-state index is 0.265. The van der Waals surface area contributed by atoms with Crippen molar-refractivity contribution in [2.24, 2.45) is 0 Å². The summed E-state index contributed by atoms with van der Waals surface area (Å²) in [5.41, 5.74) is 1.70. The second-order valence-corrected chi connectivity index (χ2v) is 6.03. The zero-order chi connectivity index (χ0) is 15.1. The van der Waals surface area contributed by atoms with Crippen LogP contribution in [0.3, 0.4) is 0 Å². The van der Waals surface area contributed by atoms with E-state index in [1.807, 2.05) is 54.6 Å². The second kappa shape index (κ2) is 5.00. The molecule has 2 aromatic heterocycles. The lowest BCUT2D eigenvalue weighted by Crippen LogP contribution is -1.82. The highest BCUT2D eigenvalue weighted by molar-refractivity contribution is 7.23. The molecule has 0 aliphatic carbocycles. The van der Waals surface area contributed by atoms with Crippen LogP contribution in [0.2, 0.25) is 0 Å². The number of rotatable bonds is 2. The first-order chi connectivity index (χ1) is 10.8. The first-order valence-corrected chi connectivity index (χ1v) is 7.74. The Morgan fingerprint density at radius 1 is 1.00 bits per heavy atom. The largest absolute Gasteiger partial charge is 0.506 e. The first kappa shape index (κ1) is 13.1. The molecule has 4 rings (SSSR count). The number of ether oxygens (including phenoxy) is 1. The highest BCUT2D eigenvalue weighted by Gasteiger charge is 2.16. The molecule has 0 saturated heterocycles. The molecule has 2 aromatic carbocycles. The Kier molecular flexibility index (Phi) is 2.98. The van der Waals surface area contributed by atoms with E-state index < -0.39 is 0 Å². The number of methoxy groups -OCH3 is 1. The fourth-order valence-corrected chi connectivity index (χ4v) is 3.76. The average molecular weight is 307 g/mol. The fraction of sp³-hybridized carbons (Fsp3) is 0.0556. The molecule has 0 saturated carbocycles. The van der Waals surface area contributed by atoms with Gasteiger partial charge in [-0.2, -0.15) is 0 Å². The third-order valence-electron chi connectivity index (χ3n) is 3.70. The van der Waals surface area contributed by atoms with Crippen LogP contribution >= 0.6 is 11.3 Å². The fourth-order valence-electron chi connectivity index (χ4n) is 2.61. The van der Waals surface area contributed by atoms with Gasteiger partial charge in [0.2, 0.25) is 0 Å². The molecule has 3 nitrogen and oxygen atoms in total. The molecule has 0 radical (unpaired) electrons. The number of pyridine rings is 1. The van der Waals surface area contributed by atoms with Crippen molar-refractivity contribution >= 4 is 32.3 Å². The van der Waals surface area contributed by atoms with Gasteiger partial charge in [0.05, 0.1) is 27.9 Å². The Labute approximate surface area is 131 Å². The predicted octanol–water partition coefficient (Wildman–Crippen LogP) is 4.83. The van der Waals surface area contributed by atoms with Crippen LogP contribution in [0, 0.1) is 0 Å². The van der Waals surface area contributed by atoms with Crippen LogP contribution in [-0.2, 0) is 0 Å². The SMILES string of the molecule is COc1cccc2c(O)c(-c3ccc4ccccc4n3)sc12.